The summed E-state index contributed by atoms with van der Waals surface area (Å²) in [6.45, 7) is 0.507. The summed E-state index contributed by atoms with van der Waals surface area (Å²) in [7, 11) is 0. The zero-order valence-corrected chi connectivity index (χ0v) is 18.2. The number of carbonyl (C=O) groups is 2. The number of nitrogens with one attached hydrogen (secondary N) is 4. The number of carbonyl (C=O) groups excluding carboxylic acids is 2. The van der Waals surface area contributed by atoms with E-state index in [0.29, 0.717) is 0 Å². The molecule has 2 aromatic rings. The minimum Gasteiger partial charge on any atom is -0.361 e. The molecule has 0 heterocycles. The van der Waals surface area contributed by atoms with Gasteiger partial charge < -0.3 is 10.6 Å². The first-order valence-electron chi connectivity index (χ1n) is 8.26. The summed E-state index contributed by atoms with van der Waals surface area (Å²) in [4.78, 5) is 24.1. The fraction of sp³-hybridized carbons (Fsp3) is 0.111. The van der Waals surface area contributed by atoms with Crippen molar-refractivity contribution in [3.63, 3.8) is 0 Å². The lowest BCUT2D eigenvalue weighted by Crippen LogP contribution is -2.45. The predicted octanol–water partition coefficient (Wildman–Crippen LogP) is 3.18. The minimum absolute atomic E-state index is 0.0234. The van der Waals surface area contributed by atoms with Crippen LogP contribution in [0.1, 0.15) is 20.7 Å². The number of halogens is 4. The van der Waals surface area contributed by atoms with Crippen molar-refractivity contribution >= 4 is 69.7 Å². The number of thiocarbonyl (C=S) groups is 2. The second kappa shape index (κ2) is 11.1. The fourth-order valence-corrected chi connectivity index (χ4v) is 3.02. The number of rotatable bonds is 5. The Morgan fingerprint density at radius 1 is 0.767 bits per heavy atom. The molecule has 0 aliphatic carbocycles. The Bertz CT molecular complexity index is 929. The molecule has 6 nitrogen and oxygen atoms in total. The third kappa shape index (κ3) is 7.13. The van der Waals surface area contributed by atoms with Gasteiger partial charge >= 0.3 is 0 Å². The Balaban J connectivity index is 1.72. The molecule has 0 bridgehead atoms. The number of amides is 2. The summed E-state index contributed by atoms with van der Waals surface area (Å²) in [6, 6.07) is 6.73. The van der Waals surface area contributed by atoms with Gasteiger partial charge in [-0.05, 0) is 60.8 Å². The molecule has 30 heavy (non-hydrogen) atoms. The number of hydrogen-bond donors (Lipinski definition) is 4. The van der Waals surface area contributed by atoms with E-state index in [2.05, 4.69) is 21.3 Å². The Hall–Kier alpha value is -2.40. The van der Waals surface area contributed by atoms with Gasteiger partial charge in [-0.3, -0.25) is 20.2 Å². The van der Waals surface area contributed by atoms with Crippen molar-refractivity contribution in [3.8, 4) is 0 Å². The van der Waals surface area contributed by atoms with Crippen LogP contribution >= 0.6 is 47.6 Å². The van der Waals surface area contributed by atoms with Crippen LogP contribution in [0.4, 0.5) is 8.78 Å². The predicted molar refractivity (Wildman–Crippen MR) is 119 cm³/mol. The zero-order valence-electron chi connectivity index (χ0n) is 15.0. The van der Waals surface area contributed by atoms with E-state index in [0.717, 1.165) is 24.3 Å². The molecule has 12 heteroatoms. The van der Waals surface area contributed by atoms with Gasteiger partial charge in [-0.25, -0.2) is 8.78 Å². The highest BCUT2D eigenvalue weighted by molar-refractivity contribution is 7.80. The average Bonchev–Trinajstić information content (AvgIpc) is 2.64. The molecule has 0 fully saturated rings. The molecular formula is C18H14Cl2F2N4O2S2. The molecule has 2 rings (SSSR count). The highest BCUT2D eigenvalue weighted by Gasteiger charge is 2.13. The van der Waals surface area contributed by atoms with Crippen molar-refractivity contribution < 1.29 is 18.4 Å². The summed E-state index contributed by atoms with van der Waals surface area (Å²) in [5.41, 5.74) is 0.146. The normalized spacial score (nSPS) is 10.1. The van der Waals surface area contributed by atoms with Crippen LogP contribution < -0.4 is 21.3 Å². The van der Waals surface area contributed by atoms with E-state index in [1.807, 2.05) is 0 Å². The summed E-state index contributed by atoms with van der Waals surface area (Å²) in [5, 5.41) is 10.3. The Morgan fingerprint density at radius 3 is 1.47 bits per heavy atom. The molecule has 0 unspecified atom stereocenters. The largest absolute Gasteiger partial charge is 0.361 e. The second-order valence-corrected chi connectivity index (χ2v) is 7.30. The lowest BCUT2D eigenvalue weighted by Gasteiger charge is -2.12. The highest BCUT2D eigenvalue weighted by atomic mass is 35.5. The van der Waals surface area contributed by atoms with Crippen molar-refractivity contribution in [1.82, 2.24) is 21.3 Å². The maximum absolute atomic E-state index is 13.0. The standard InChI is InChI=1S/C18H14Cl2F2N4O2S2/c19-13-7-9(21)1-3-11(13)15(27)25-17(29)23-5-6-24-18(30)26-16(28)12-4-2-10(22)8-14(12)20/h1-4,7-8H,5-6H2,(H2,23,25,27,29)(H2,24,26,28,30). The smallest absolute Gasteiger partial charge is 0.258 e. The lowest BCUT2D eigenvalue weighted by atomic mass is 10.2. The van der Waals surface area contributed by atoms with Crippen LogP contribution in [-0.4, -0.2) is 35.1 Å². The van der Waals surface area contributed by atoms with Gasteiger partial charge in [0.2, 0.25) is 0 Å². The fourth-order valence-electron chi connectivity index (χ4n) is 2.13. The van der Waals surface area contributed by atoms with Gasteiger partial charge in [-0.1, -0.05) is 23.2 Å². The molecule has 4 N–H and O–H groups in total. The number of benzene rings is 2. The van der Waals surface area contributed by atoms with Gasteiger partial charge in [0.05, 0.1) is 21.2 Å². The quantitative estimate of drug-likeness (QED) is 0.380. The van der Waals surface area contributed by atoms with Crippen LogP contribution in [-0.2, 0) is 0 Å². The highest BCUT2D eigenvalue weighted by Crippen LogP contribution is 2.17. The zero-order chi connectivity index (χ0) is 22.3. The summed E-state index contributed by atoms with van der Waals surface area (Å²) < 4.78 is 26.1. The minimum atomic E-state index is -0.593. The maximum atomic E-state index is 13.0. The van der Waals surface area contributed by atoms with Crippen molar-refractivity contribution in [3.05, 3.63) is 69.2 Å². The topological polar surface area (TPSA) is 82.3 Å². The molecule has 2 amide bonds. The molecule has 0 aromatic heterocycles. The van der Waals surface area contributed by atoms with Crippen LogP contribution in [0, 0.1) is 11.6 Å². The van der Waals surface area contributed by atoms with Crippen LogP contribution in [0.25, 0.3) is 0 Å². The van der Waals surface area contributed by atoms with Gasteiger partial charge in [0.1, 0.15) is 11.6 Å². The molecule has 0 aliphatic rings. The molecular weight excluding hydrogens is 477 g/mol. The first-order chi connectivity index (χ1) is 14.2. The molecule has 0 spiro atoms. The third-order valence-electron chi connectivity index (χ3n) is 3.50. The third-order valence-corrected chi connectivity index (χ3v) is 4.62. The monoisotopic (exact) mass is 490 g/mol. The molecule has 2 aromatic carbocycles. The summed E-state index contributed by atoms with van der Waals surface area (Å²) >= 11 is 21.6. The molecule has 0 atom stereocenters. The van der Waals surface area contributed by atoms with Gasteiger partial charge in [0.15, 0.2) is 10.2 Å². The van der Waals surface area contributed by atoms with Crippen LogP contribution in [0.3, 0.4) is 0 Å². The van der Waals surface area contributed by atoms with E-state index in [4.69, 9.17) is 47.6 Å². The second-order valence-electron chi connectivity index (χ2n) is 5.67. The van der Waals surface area contributed by atoms with E-state index in [1.54, 1.807) is 0 Å². The van der Waals surface area contributed by atoms with E-state index >= 15 is 0 Å². The average molecular weight is 491 g/mol. The van der Waals surface area contributed by atoms with Gasteiger partial charge in [0.25, 0.3) is 11.8 Å². The first-order valence-corrected chi connectivity index (χ1v) is 9.83. The number of hydrogen-bond acceptors (Lipinski definition) is 4. The molecule has 0 saturated heterocycles. The SMILES string of the molecule is O=C(NC(=S)NCCNC(=S)NC(=O)c1ccc(F)cc1Cl)c1ccc(F)cc1Cl. The van der Waals surface area contributed by atoms with Crippen LogP contribution in [0.2, 0.25) is 10.0 Å². The van der Waals surface area contributed by atoms with E-state index in [9.17, 15) is 18.4 Å². The Kier molecular flexibility index (Phi) is 8.85. The lowest BCUT2D eigenvalue weighted by molar-refractivity contribution is 0.0968. The summed E-state index contributed by atoms with van der Waals surface area (Å²) in [5.74, 6) is -2.31. The van der Waals surface area contributed by atoms with E-state index in [-0.39, 0.29) is 44.5 Å². The van der Waals surface area contributed by atoms with Gasteiger partial charge in [0, 0.05) is 13.1 Å². The van der Waals surface area contributed by atoms with Gasteiger partial charge in [-0.2, -0.15) is 0 Å². The van der Waals surface area contributed by atoms with Crippen molar-refractivity contribution in [1.29, 1.82) is 0 Å². The van der Waals surface area contributed by atoms with Crippen molar-refractivity contribution in [2.75, 3.05) is 13.1 Å². The molecule has 0 aliphatic heterocycles. The first kappa shape index (κ1) is 23.9. The van der Waals surface area contributed by atoms with Crippen LogP contribution in [0.15, 0.2) is 36.4 Å². The van der Waals surface area contributed by atoms with Crippen LogP contribution in [0.5, 0.6) is 0 Å². The van der Waals surface area contributed by atoms with Crippen molar-refractivity contribution in [2.24, 2.45) is 0 Å². The van der Waals surface area contributed by atoms with E-state index < -0.39 is 23.4 Å². The molecule has 0 saturated carbocycles. The van der Waals surface area contributed by atoms with Crippen molar-refractivity contribution in [2.45, 2.75) is 0 Å². The Labute approximate surface area is 191 Å². The molecule has 158 valence electrons. The Morgan fingerprint density at radius 2 is 1.13 bits per heavy atom. The summed E-state index contributed by atoms with van der Waals surface area (Å²) in [6.07, 6.45) is 0. The van der Waals surface area contributed by atoms with Gasteiger partial charge in [-0.15, -0.1) is 0 Å². The molecule has 0 radical (unpaired) electrons. The van der Waals surface area contributed by atoms with E-state index in [1.165, 1.54) is 12.1 Å². The maximum Gasteiger partial charge on any atom is 0.258 e.